The average Bonchev–Trinajstić information content (AvgIpc) is 3.07. The molecule has 144 valence electrons. The van der Waals surface area contributed by atoms with E-state index in [9.17, 15) is 4.39 Å². The molecule has 1 saturated heterocycles. The number of aromatic nitrogens is 4. The van der Waals surface area contributed by atoms with Gasteiger partial charge in [0, 0.05) is 29.9 Å². The fraction of sp³-hybridized carbons (Fsp3) is 0.286. The van der Waals surface area contributed by atoms with Gasteiger partial charge in [0.1, 0.15) is 5.82 Å². The highest BCUT2D eigenvalue weighted by Crippen LogP contribution is 2.30. The Morgan fingerprint density at radius 1 is 1.00 bits per heavy atom. The molecule has 2 aromatic carbocycles. The summed E-state index contributed by atoms with van der Waals surface area (Å²) >= 11 is 0. The zero-order chi connectivity index (χ0) is 18.4. The van der Waals surface area contributed by atoms with E-state index in [1.54, 1.807) is 10.7 Å². The molecule has 28 heavy (non-hydrogen) atoms. The quantitative estimate of drug-likeness (QED) is 0.550. The first-order valence-corrected chi connectivity index (χ1v) is 9.29. The maximum Gasteiger partial charge on any atom is 0.133 e. The van der Waals surface area contributed by atoms with Crippen LogP contribution in [0.4, 0.5) is 4.39 Å². The molecule has 0 atom stereocenters. The van der Waals surface area contributed by atoms with Gasteiger partial charge in [-0.3, -0.25) is 4.68 Å². The molecule has 3 heterocycles. The van der Waals surface area contributed by atoms with Crippen LogP contribution in [0.2, 0.25) is 0 Å². The van der Waals surface area contributed by atoms with E-state index in [1.807, 2.05) is 43.6 Å². The number of benzene rings is 2. The van der Waals surface area contributed by atoms with Crippen LogP contribution >= 0.6 is 12.4 Å². The summed E-state index contributed by atoms with van der Waals surface area (Å²) < 4.78 is 16.7. The Labute approximate surface area is 168 Å². The number of fused-ring (bicyclic) bond motifs is 2. The fourth-order valence-electron chi connectivity index (χ4n) is 3.93. The van der Waals surface area contributed by atoms with Crippen molar-refractivity contribution in [2.24, 2.45) is 7.05 Å². The zero-order valence-electron chi connectivity index (χ0n) is 15.5. The smallest absolute Gasteiger partial charge is 0.133 e. The number of halogens is 2. The Hall–Kier alpha value is -2.57. The third-order valence-corrected chi connectivity index (χ3v) is 5.38. The van der Waals surface area contributed by atoms with Gasteiger partial charge in [-0.05, 0) is 67.4 Å². The molecule has 1 fully saturated rings. The first kappa shape index (κ1) is 18.8. The van der Waals surface area contributed by atoms with Gasteiger partial charge in [0.25, 0.3) is 0 Å². The van der Waals surface area contributed by atoms with Crippen molar-refractivity contribution in [1.82, 2.24) is 25.3 Å². The topological polar surface area (TPSA) is 55.6 Å². The Bertz CT molecular complexity index is 1150. The molecule has 0 spiro atoms. The monoisotopic (exact) mass is 397 g/mol. The van der Waals surface area contributed by atoms with Crippen LogP contribution in [0.3, 0.4) is 0 Å². The molecule has 1 aliphatic rings. The van der Waals surface area contributed by atoms with E-state index in [1.165, 1.54) is 0 Å². The highest BCUT2D eigenvalue weighted by molar-refractivity contribution is 5.88. The molecule has 5 rings (SSSR count). The van der Waals surface area contributed by atoms with Crippen LogP contribution in [-0.4, -0.2) is 33.1 Å². The van der Waals surface area contributed by atoms with Crippen molar-refractivity contribution in [2.75, 3.05) is 13.1 Å². The second kappa shape index (κ2) is 7.45. The summed E-state index contributed by atoms with van der Waals surface area (Å²) in [6.45, 7) is 1.95. The Kier molecular flexibility index (Phi) is 5.00. The number of hydrogen-bond donors (Lipinski definition) is 1. The fourth-order valence-corrected chi connectivity index (χ4v) is 3.93. The van der Waals surface area contributed by atoms with E-state index in [2.05, 4.69) is 20.6 Å². The lowest BCUT2D eigenvalue weighted by molar-refractivity contribution is 0.451. The summed E-state index contributed by atoms with van der Waals surface area (Å²) in [4.78, 5) is 0. The maximum absolute atomic E-state index is 14.9. The van der Waals surface area contributed by atoms with Gasteiger partial charge in [-0.2, -0.15) is 15.3 Å². The molecule has 0 unspecified atom stereocenters. The number of nitrogens with one attached hydrogen (secondary N) is 1. The highest BCUT2D eigenvalue weighted by atomic mass is 35.5. The maximum atomic E-state index is 14.9. The van der Waals surface area contributed by atoms with Crippen molar-refractivity contribution in [1.29, 1.82) is 0 Å². The summed E-state index contributed by atoms with van der Waals surface area (Å²) in [5.74, 6) is 0.106. The number of nitrogens with zero attached hydrogens (tertiary/aromatic N) is 4. The normalized spacial score (nSPS) is 15.1. The van der Waals surface area contributed by atoms with E-state index < -0.39 is 0 Å². The van der Waals surface area contributed by atoms with Gasteiger partial charge in [-0.15, -0.1) is 12.4 Å². The Balaban J connectivity index is 0.00000192. The standard InChI is InChI=1S/C21H20FN5.ClH/c1-27-12-16-8-14(2-3-19(16)26-27)15-9-18(22)17-11-20(24-25-21(17)10-15)13-4-6-23-7-5-13;/h2-3,8-13,23H,4-7H2,1H3;1H. The molecule has 7 heteroatoms. The largest absolute Gasteiger partial charge is 0.317 e. The lowest BCUT2D eigenvalue weighted by Gasteiger charge is -2.21. The van der Waals surface area contributed by atoms with Crippen LogP contribution in [0, 0.1) is 5.82 Å². The third-order valence-electron chi connectivity index (χ3n) is 5.38. The second-order valence-corrected chi connectivity index (χ2v) is 7.26. The molecular weight excluding hydrogens is 377 g/mol. The predicted octanol–water partition coefficient (Wildman–Crippen LogP) is 4.21. The molecule has 4 aromatic rings. The Morgan fingerprint density at radius 3 is 2.64 bits per heavy atom. The number of aryl methyl sites for hydroxylation is 1. The van der Waals surface area contributed by atoms with E-state index in [4.69, 9.17) is 0 Å². The lowest BCUT2D eigenvalue weighted by atomic mass is 9.93. The van der Waals surface area contributed by atoms with E-state index >= 15 is 0 Å². The van der Waals surface area contributed by atoms with Crippen molar-refractivity contribution in [2.45, 2.75) is 18.8 Å². The van der Waals surface area contributed by atoms with Crippen LogP contribution in [0.15, 0.2) is 42.6 Å². The second-order valence-electron chi connectivity index (χ2n) is 7.26. The van der Waals surface area contributed by atoms with Gasteiger partial charge >= 0.3 is 0 Å². The van der Waals surface area contributed by atoms with Gasteiger partial charge in [0.15, 0.2) is 0 Å². The van der Waals surface area contributed by atoms with Crippen LogP contribution < -0.4 is 5.32 Å². The molecule has 0 bridgehead atoms. The van der Waals surface area contributed by atoms with Crippen molar-refractivity contribution < 1.29 is 4.39 Å². The first-order valence-electron chi connectivity index (χ1n) is 9.29. The molecule has 0 radical (unpaired) electrons. The van der Waals surface area contributed by atoms with Gasteiger partial charge in [0.05, 0.1) is 16.7 Å². The predicted molar refractivity (Wildman–Crippen MR) is 111 cm³/mol. The van der Waals surface area contributed by atoms with E-state index in [0.29, 0.717) is 16.8 Å². The molecule has 1 N–H and O–H groups in total. The van der Waals surface area contributed by atoms with Crippen molar-refractivity contribution >= 4 is 34.2 Å². The number of piperidine rings is 1. The summed E-state index contributed by atoms with van der Waals surface area (Å²) in [7, 11) is 1.89. The molecule has 0 aliphatic carbocycles. The third kappa shape index (κ3) is 3.34. The minimum absolute atomic E-state index is 0. The molecule has 5 nitrogen and oxygen atoms in total. The number of hydrogen-bond acceptors (Lipinski definition) is 4. The van der Waals surface area contributed by atoms with Crippen LogP contribution in [0.1, 0.15) is 24.5 Å². The molecule has 0 amide bonds. The minimum Gasteiger partial charge on any atom is -0.317 e. The zero-order valence-corrected chi connectivity index (χ0v) is 16.3. The number of rotatable bonds is 2. The van der Waals surface area contributed by atoms with Gasteiger partial charge in [-0.25, -0.2) is 4.39 Å². The van der Waals surface area contributed by atoms with E-state index in [0.717, 1.165) is 53.7 Å². The summed E-state index contributed by atoms with van der Waals surface area (Å²) in [6.07, 6.45) is 4.00. The van der Waals surface area contributed by atoms with E-state index in [-0.39, 0.29) is 18.2 Å². The summed E-state index contributed by atoms with van der Waals surface area (Å²) in [5.41, 5.74) is 4.16. The summed E-state index contributed by atoms with van der Waals surface area (Å²) in [6, 6.07) is 11.3. The van der Waals surface area contributed by atoms with Gasteiger partial charge in [-0.1, -0.05) is 6.07 Å². The first-order chi connectivity index (χ1) is 13.2. The van der Waals surface area contributed by atoms with Gasteiger partial charge in [0.2, 0.25) is 0 Å². The van der Waals surface area contributed by atoms with Crippen LogP contribution in [0.25, 0.3) is 32.9 Å². The average molecular weight is 398 g/mol. The van der Waals surface area contributed by atoms with Gasteiger partial charge < -0.3 is 5.32 Å². The molecule has 2 aromatic heterocycles. The van der Waals surface area contributed by atoms with Crippen molar-refractivity contribution in [3.63, 3.8) is 0 Å². The highest BCUT2D eigenvalue weighted by Gasteiger charge is 2.18. The lowest BCUT2D eigenvalue weighted by Crippen LogP contribution is -2.27. The summed E-state index contributed by atoms with van der Waals surface area (Å²) in [5, 5.41) is 18.1. The van der Waals surface area contributed by atoms with Crippen molar-refractivity contribution in [3.8, 4) is 11.1 Å². The molecule has 1 aliphatic heterocycles. The van der Waals surface area contributed by atoms with Crippen LogP contribution in [0.5, 0.6) is 0 Å². The molecular formula is C21H21ClFN5. The van der Waals surface area contributed by atoms with Crippen molar-refractivity contribution in [3.05, 3.63) is 54.1 Å². The Morgan fingerprint density at radius 2 is 1.82 bits per heavy atom. The van der Waals surface area contributed by atoms with Crippen LogP contribution in [-0.2, 0) is 7.05 Å². The molecule has 0 saturated carbocycles. The minimum atomic E-state index is -0.251. The SMILES string of the molecule is Cl.Cn1cc2cc(-c3cc(F)c4cc(C5CCNCC5)nnc4c3)ccc2n1.